The van der Waals surface area contributed by atoms with Gasteiger partial charge < -0.3 is 5.73 Å². The second-order valence-electron chi connectivity index (χ2n) is 5.49. The standard InChI is InChI=1S/C18H18N2/c1-18(19,13-14-6-3-2-4-7-14)16-9-10-17-15(12-16)8-5-11-20-17/h2-12H,13,19H2,1H3. The van der Waals surface area contributed by atoms with Gasteiger partial charge in [0.05, 0.1) is 5.52 Å². The molecular formula is C18H18N2. The highest BCUT2D eigenvalue weighted by Crippen LogP contribution is 2.25. The maximum atomic E-state index is 6.54. The molecule has 1 aromatic heterocycles. The molecule has 0 aliphatic rings. The summed E-state index contributed by atoms with van der Waals surface area (Å²) in [6.07, 6.45) is 2.63. The van der Waals surface area contributed by atoms with Gasteiger partial charge in [0.2, 0.25) is 0 Å². The summed E-state index contributed by atoms with van der Waals surface area (Å²) in [5.74, 6) is 0. The first-order valence-electron chi connectivity index (χ1n) is 6.83. The SMILES string of the molecule is CC(N)(Cc1ccccc1)c1ccc2ncccc2c1. The highest BCUT2D eigenvalue weighted by molar-refractivity contribution is 5.79. The van der Waals surface area contributed by atoms with Gasteiger partial charge in [-0.1, -0.05) is 42.5 Å². The maximum Gasteiger partial charge on any atom is 0.0702 e. The van der Waals surface area contributed by atoms with E-state index in [9.17, 15) is 0 Å². The molecule has 0 fully saturated rings. The molecule has 0 aliphatic carbocycles. The normalized spacial score (nSPS) is 14.1. The van der Waals surface area contributed by atoms with Crippen LogP contribution in [0.2, 0.25) is 0 Å². The quantitative estimate of drug-likeness (QED) is 0.782. The third-order valence-electron chi connectivity index (χ3n) is 3.68. The molecule has 1 unspecified atom stereocenters. The Morgan fingerprint density at radius 3 is 2.60 bits per heavy atom. The number of benzene rings is 2. The fourth-order valence-corrected chi connectivity index (χ4v) is 2.55. The van der Waals surface area contributed by atoms with Gasteiger partial charge in [0.25, 0.3) is 0 Å². The third kappa shape index (κ3) is 2.56. The molecule has 0 saturated carbocycles. The molecule has 0 saturated heterocycles. The molecule has 20 heavy (non-hydrogen) atoms. The zero-order valence-corrected chi connectivity index (χ0v) is 11.6. The summed E-state index contributed by atoms with van der Waals surface area (Å²) in [5.41, 5.74) is 9.56. The molecule has 0 spiro atoms. The fourth-order valence-electron chi connectivity index (χ4n) is 2.55. The number of aromatic nitrogens is 1. The van der Waals surface area contributed by atoms with Crippen molar-refractivity contribution in [2.45, 2.75) is 18.9 Å². The lowest BCUT2D eigenvalue weighted by Gasteiger charge is -2.25. The minimum absolute atomic E-state index is 0.384. The minimum Gasteiger partial charge on any atom is -0.321 e. The summed E-state index contributed by atoms with van der Waals surface area (Å²) in [5, 5.41) is 1.13. The largest absolute Gasteiger partial charge is 0.321 e. The van der Waals surface area contributed by atoms with Gasteiger partial charge in [0, 0.05) is 17.1 Å². The first-order chi connectivity index (χ1) is 9.65. The van der Waals surface area contributed by atoms with Crippen molar-refractivity contribution in [1.82, 2.24) is 4.98 Å². The first-order valence-corrected chi connectivity index (χ1v) is 6.83. The number of rotatable bonds is 3. The summed E-state index contributed by atoms with van der Waals surface area (Å²) in [6.45, 7) is 2.08. The van der Waals surface area contributed by atoms with E-state index < -0.39 is 0 Å². The molecular weight excluding hydrogens is 244 g/mol. The Kier molecular flexibility index (Phi) is 3.25. The lowest BCUT2D eigenvalue weighted by molar-refractivity contribution is 0.492. The van der Waals surface area contributed by atoms with Crippen LogP contribution in [0.3, 0.4) is 0 Å². The predicted molar refractivity (Wildman–Crippen MR) is 83.4 cm³/mol. The van der Waals surface area contributed by atoms with Gasteiger partial charge in [0.15, 0.2) is 0 Å². The van der Waals surface area contributed by atoms with Crippen LogP contribution in [0.1, 0.15) is 18.1 Å². The molecule has 1 heterocycles. The van der Waals surface area contributed by atoms with Gasteiger partial charge in [0.1, 0.15) is 0 Å². The van der Waals surface area contributed by atoms with E-state index in [1.165, 1.54) is 5.56 Å². The van der Waals surface area contributed by atoms with Gasteiger partial charge in [-0.15, -0.1) is 0 Å². The highest BCUT2D eigenvalue weighted by Gasteiger charge is 2.21. The van der Waals surface area contributed by atoms with Crippen molar-refractivity contribution < 1.29 is 0 Å². The molecule has 0 bridgehead atoms. The predicted octanol–water partition coefficient (Wildman–Crippen LogP) is 3.65. The van der Waals surface area contributed by atoms with Crippen LogP contribution in [0.15, 0.2) is 66.9 Å². The average molecular weight is 262 g/mol. The molecule has 0 amide bonds. The van der Waals surface area contributed by atoms with E-state index in [0.717, 1.165) is 22.9 Å². The summed E-state index contributed by atoms with van der Waals surface area (Å²) in [7, 11) is 0. The molecule has 3 rings (SSSR count). The maximum absolute atomic E-state index is 6.54. The van der Waals surface area contributed by atoms with Crippen LogP contribution in [-0.4, -0.2) is 4.98 Å². The van der Waals surface area contributed by atoms with E-state index in [2.05, 4.69) is 54.4 Å². The van der Waals surface area contributed by atoms with Crippen LogP contribution < -0.4 is 5.73 Å². The summed E-state index contributed by atoms with van der Waals surface area (Å²) < 4.78 is 0. The highest BCUT2D eigenvalue weighted by atomic mass is 14.7. The summed E-state index contributed by atoms with van der Waals surface area (Å²) >= 11 is 0. The van der Waals surface area contributed by atoms with Crippen molar-refractivity contribution in [2.75, 3.05) is 0 Å². The van der Waals surface area contributed by atoms with E-state index in [1.54, 1.807) is 0 Å². The van der Waals surface area contributed by atoms with E-state index in [0.29, 0.717) is 0 Å². The van der Waals surface area contributed by atoms with E-state index in [4.69, 9.17) is 5.73 Å². The number of nitrogens with zero attached hydrogens (tertiary/aromatic N) is 1. The van der Waals surface area contributed by atoms with Gasteiger partial charge >= 0.3 is 0 Å². The molecule has 3 aromatic rings. The number of hydrogen-bond donors (Lipinski definition) is 1. The molecule has 2 heteroatoms. The number of nitrogens with two attached hydrogens (primary N) is 1. The number of pyridine rings is 1. The van der Waals surface area contributed by atoms with Crippen molar-refractivity contribution in [1.29, 1.82) is 0 Å². The van der Waals surface area contributed by atoms with Crippen LogP contribution in [0.5, 0.6) is 0 Å². The molecule has 1 atom stereocenters. The van der Waals surface area contributed by atoms with Crippen molar-refractivity contribution in [3.63, 3.8) is 0 Å². The van der Waals surface area contributed by atoms with Crippen LogP contribution in [-0.2, 0) is 12.0 Å². The van der Waals surface area contributed by atoms with Crippen molar-refractivity contribution in [3.05, 3.63) is 78.0 Å². The van der Waals surface area contributed by atoms with E-state index >= 15 is 0 Å². The second kappa shape index (κ2) is 5.06. The van der Waals surface area contributed by atoms with Crippen molar-refractivity contribution in [2.24, 2.45) is 5.73 Å². The van der Waals surface area contributed by atoms with Crippen LogP contribution in [0, 0.1) is 0 Å². The molecule has 0 radical (unpaired) electrons. The number of hydrogen-bond acceptors (Lipinski definition) is 2. The van der Waals surface area contributed by atoms with E-state index in [-0.39, 0.29) is 5.54 Å². The molecule has 2 nitrogen and oxygen atoms in total. The smallest absolute Gasteiger partial charge is 0.0702 e. The van der Waals surface area contributed by atoms with Crippen LogP contribution in [0.4, 0.5) is 0 Å². The van der Waals surface area contributed by atoms with Gasteiger partial charge in [-0.05, 0) is 42.7 Å². The lowest BCUT2D eigenvalue weighted by Crippen LogP contribution is -2.35. The van der Waals surface area contributed by atoms with Crippen LogP contribution >= 0.6 is 0 Å². The Hall–Kier alpha value is -2.19. The molecule has 0 aliphatic heterocycles. The summed E-state index contributed by atoms with van der Waals surface area (Å²) in [6, 6.07) is 20.7. The molecule has 2 aromatic carbocycles. The zero-order valence-electron chi connectivity index (χ0n) is 11.6. The lowest BCUT2D eigenvalue weighted by atomic mass is 9.86. The zero-order chi connectivity index (χ0) is 14.0. The summed E-state index contributed by atoms with van der Waals surface area (Å²) in [4.78, 5) is 4.35. The average Bonchev–Trinajstić information content (AvgIpc) is 2.47. The van der Waals surface area contributed by atoms with Crippen molar-refractivity contribution in [3.8, 4) is 0 Å². The Morgan fingerprint density at radius 1 is 1.00 bits per heavy atom. The number of fused-ring (bicyclic) bond motifs is 1. The molecule has 2 N–H and O–H groups in total. The Morgan fingerprint density at radius 2 is 1.80 bits per heavy atom. The van der Waals surface area contributed by atoms with E-state index in [1.807, 2.05) is 24.4 Å². The topological polar surface area (TPSA) is 38.9 Å². The van der Waals surface area contributed by atoms with Gasteiger partial charge in [-0.25, -0.2) is 0 Å². The van der Waals surface area contributed by atoms with Gasteiger partial charge in [-0.3, -0.25) is 4.98 Å². The Labute approximate surface area is 119 Å². The fraction of sp³-hybridized carbons (Fsp3) is 0.167. The molecule has 100 valence electrons. The monoisotopic (exact) mass is 262 g/mol. The minimum atomic E-state index is -0.384. The van der Waals surface area contributed by atoms with Gasteiger partial charge in [-0.2, -0.15) is 0 Å². The Bertz CT molecular complexity index is 718. The second-order valence-corrected chi connectivity index (χ2v) is 5.49. The Balaban J connectivity index is 1.96. The first kappa shape index (κ1) is 12.8. The third-order valence-corrected chi connectivity index (χ3v) is 3.68. The van der Waals surface area contributed by atoms with Crippen LogP contribution in [0.25, 0.3) is 10.9 Å². The van der Waals surface area contributed by atoms with Crippen molar-refractivity contribution >= 4 is 10.9 Å².